The Kier molecular flexibility index (Phi) is 5.39. The van der Waals surface area contributed by atoms with Gasteiger partial charge in [-0.15, -0.1) is 0 Å². The number of hydrogen-bond donors (Lipinski definition) is 1. The lowest BCUT2D eigenvalue weighted by Gasteiger charge is -2.07. The number of esters is 1. The molecule has 4 aromatic carbocycles. The van der Waals surface area contributed by atoms with Gasteiger partial charge in [-0.25, -0.2) is 9.59 Å². The number of carboxylic acid groups (broad SMARTS) is 1. The van der Waals surface area contributed by atoms with Crippen LogP contribution in [-0.2, 0) is 0 Å². The standard InChI is InChI=1S/C26H18O4/c27-25(28)22-10-6-20(7-11-22)21-14-16-24(17-15-21)30-26(29)23-12-8-19(9-13-23)18-4-2-1-3-5-18/h1-17H,(H,27,28). The molecule has 30 heavy (non-hydrogen) atoms. The summed E-state index contributed by atoms with van der Waals surface area (Å²) in [7, 11) is 0. The van der Waals surface area contributed by atoms with Crippen molar-refractivity contribution >= 4 is 11.9 Å². The van der Waals surface area contributed by atoms with Crippen molar-refractivity contribution in [1.29, 1.82) is 0 Å². The van der Waals surface area contributed by atoms with Crippen LogP contribution in [0.4, 0.5) is 0 Å². The summed E-state index contributed by atoms with van der Waals surface area (Å²) in [5, 5.41) is 8.99. The van der Waals surface area contributed by atoms with Crippen LogP contribution in [0.5, 0.6) is 5.75 Å². The lowest BCUT2D eigenvalue weighted by atomic mass is 10.0. The van der Waals surface area contributed by atoms with E-state index in [4.69, 9.17) is 9.84 Å². The molecule has 146 valence electrons. The second-order valence-corrected chi connectivity index (χ2v) is 6.74. The molecule has 0 bridgehead atoms. The number of ether oxygens (including phenoxy) is 1. The highest BCUT2D eigenvalue weighted by Gasteiger charge is 2.10. The largest absolute Gasteiger partial charge is 0.478 e. The Morgan fingerprint density at radius 1 is 0.533 bits per heavy atom. The fourth-order valence-electron chi connectivity index (χ4n) is 3.12. The Hall–Kier alpha value is -4.18. The zero-order valence-corrected chi connectivity index (χ0v) is 16.0. The molecule has 0 saturated heterocycles. The second kappa shape index (κ2) is 8.45. The Labute approximate surface area is 174 Å². The third-order valence-corrected chi connectivity index (χ3v) is 4.76. The summed E-state index contributed by atoms with van der Waals surface area (Å²) in [5.41, 5.74) is 4.62. The monoisotopic (exact) mass is 394 g/mol. The third-order valence-electron chi connectivity index (χ3n) is 4.76. The van der Waals surface area contributed by atoms with Crippen molar-refractivity contribution in [3.8, 4) is 28.0 Å². The quantitative estimate of drug-likeness (QED) is 0.336. The zero-order valence-electron chi connectivity index (χ0n) is 16.0. The van der Waals surface area contributed by atoms with Crippen molar-refractivity contribution in [2.45, 2.75) is 0 Å². The molecule has 0 spiro atoms. The highest BCUT2D eigenvalue weighted by molar-refractivity contribution is 5.92. The Morgan fingerprint density at radius 3 is 1.47 bits per heavy atom. The predicted molar refractivity (Wildman–Crippen MR) is 116 cm³/mol. The molecule has 0 fully saturated rings. The molecule has 0 atom stereocenters. The molecule has 4 aromatic rings. The van der Waals surface area contributed by atoms with Crippen molar-refractivity contribution in [2.24, 2.45) is 0 Å². The minimum absolute atomic E-state index is 0.239. The number of carbonyl (C=O) groups is 2. The molecule has 0 heterocycles. The Bertz CT molecular complexity index is 1160. The van der Waals surface area contributed by atoms with Crippen LogP contribution in [0.2, 0.25) is 0 Å². The van der Waals surface area contributed by atoms with Gasteiger partial charge in [-0.2, -0.15) is 0 Å². The number of benzene rings is 4. The molecule has 0 aromatic heterocycles. The minimum Gasteiger partial charge on any atom is -0.478 e. The van der Waals surface area contributed by atoms with Crippen LogP contribution < -0.4 is 4.74 Å². The average Bonchev–Trinajstić information content (AvgIpc) is 2.80. The van der Waals surface area contributed by atoms with E-state index in [0.717, 1.165) is 22.3 Å². The molecule has 0 radical (unpaired) electrons. The molecular formula is C26H18O4. The molecule has 0 saturated carbocycles. The van der Waals surface area contributed by atoms with Gasteiger partial charge in [0.1, 0.15) is 5.75 Å². The van der Waals surface area contributed by atoms with Crippen LogP contribution >= 0.6 is 0 Å². The molecule has 0 unspecified atom stereocenters. The van der Waals surface area contributed by atoms with Crippen LogP contribution in [0.15, 0.2) is 103 Å². The summed E-state index contributed by atoms with van der Waals surface area (Å²) < 4.78 is 5.47. The molecule has 4 heteroatoms. The number of hydrogen-bond acceptors (Lipinski definition) is 3. The van der Waals surface area contributed by atoms with Gasteiger partial charge in [0.25, 0.3) is 0 Å². The number of rotatable bonds is 5. The number of carbonyl (C=O) groups excluding carboxylic acids is 1. The smallest absolute Gasteiger partial charge is 0.343 e. The lowest BCUT2D eigenvalue weighted by molar-refractivity contribution is 0.0694. The normalized spacial score (nSPS) is 10.4. The van der Waals surface area contributed by atoms with Crippen molar-refractivity contribution in [3.05, 3.63) is 114 Å². The second-order valence-electron chi connectivity index (χ2n) is 6.74. The van der Waals surface area contributed by atoms with E-state index in [0.29, 0.717) is 11.3 Å². The molecule has 0 aliphatic heterocycles. The van der Waals surface area contributed by atoms with Crippen LogP contribution in [0.3, 0.4) is 0 Å². The number of aromatic carboxylic acids is 1. The molecular weight excluding hydrogens is 376 g/mol. The molecule has 0 aliphatic rings. The van der Waals surface area contributed by atoms with E-state index in [-0.39, 0.29) is 5.56 Å². The SMILES string of the molecule is O=C(O)c1ccc(-c2ccc(OC(=O)c3ccc(-c4ccccc4)cc3)cc2)cc1. The van der Waals surface area contributed by atoms with Gasteiger partial charge in [-0.05, 0) is 58.7 Å². The topological polar surface area (TPSA) is 63.6 Å². The van der Waals surface area contributed by atoms with Gasteiger partial charge in [-0.1, -0.05) is 66.7 Å². The van der Waals surface area contributed by atoms with E-state index in [2.05, 4.69) is 0 Å². The van der Waals surface area contributed by atoms with Crippen LogP contribution in [0.25, 0.3) is 22.3 Å². The molecule has 0 aliphatic carbocycles. The van der Waals surface area contributed by atoms with Gasteiger partial charge in [0, 0.05) is 0 Å². The maximum atomic E-state index is 12.4. The van der Waals surface area contributed by atoms with Crippen LogP contribution in [-0.4, -0.2) is 17.0 Å². The maximum Gasteiger partial charge on any atom is 0.343 e. The first-order chi connectivity index (χ1) is 14.6. The van der Waals surface area contributed by atoms with Gasteiger partial charge < -0.3 is 9.84 Å². The molecule has 4 nitrogen and oxygen atoms in total. The van der Waals surface area contributed by atoms with E-state index in [1.54, 1.807) is 48.5 Å². The number of carboxylic acids is 1. The average molecular weight is 394 g/mol. The van der Waals surface area contributed by atoms with E-state index < -0.39 is 11.9 Å². The third kappa shape index (κ3) is 4.28. The predicted octanol–water partition coefficient (Wildman–Crippen LogP) is 5.94. The van der Waals surface area contributed by atoms with Gasteiger partial charge in [0.05, 0.1) is 11.1 Å². The van der Waals surface area contributed by atoms with Gasteiger partial charge in [-0.3, -0.25) is 0 Å². The Balaban J connectivity index is 1.44. The maximum absolute atomic E-state index is 12.4. The molecule has 1 N–H and O–H groups in total. The van der Waals surface area contributed by atoms with Gasteiger partial charge >= 0.3 is 11.9 Å². The van der Waals surface area contributed by atoms with Crippen molar-refractivity contribution in [3.63, 3.8) is 0 Å². The Morgan fingerprint density at radius 2 is 0.967 bits per heavy atom. The first kappa shape index (κ1) is 19.2. The van der Waals surface area contributed by atoms with Crippen LogP contribution in [0, 0.1) is 0 Å². The summed E-state index contributed by atoms with van der Waals surface area (Å²) in [6.07, 6.45) is 0. The summed E-state index contributed by atoms with van der Waals surface area (Å²) in [4.78, 5) is 23.4. The van der Waals surface area contributed by atoms with Crippen molar-refractivity contribution < 1.29 is 19.4 Å². The summed E-state index contributed by atoms with van der Waals surface area (Å²) in [5.74, 6) is -0.938. The van der Waals surface area contributed by atoms with Crippen molar-refractivity contribution in [2.75, 3.05) is 0 Å². The first-order valence-electron chi connectivity index (χ1n) is 9.41. The van der Waals surface area contributed by atoms with E-state index >= 15 is 0 Å². The molecule has 0 amide bonds. The molecule has 4 rings (SSSR count). The van der Waals surface area contributed by atoms with Crippen molar-refractivity contribution in [1.82, 2.24) is 0 Å². The van der Waals surface area contributed by atoms with Gasteiger partial charge in [0.15, 0.2) is 0 Å². The van der Waals surface area contributed by atoms with E-state index in [9.17, 15) is 9.59 Å². The van der Waals surface area contributed by atoms with Crippen LogP contribution in [0.1, 0.15) is 20.7 Å². The van der Waals surface area contributed by atoms with E-state index in [1.165, 1.54) is 0 Å². The minimum atomic E-state index is -0.958. The zero-order chi connectivity index (χ0) is 20.9. The summed E-state index contributed by atoms with van der Waals surface area (Å²) in [6.45, 7) is 0. The fourth-order valence-corrected chi connectivity index (χ4v) is 3.12. The lowest BCUT2D eigenvalue weighted by Crippen LogP contribution is -2.08. The van der Waals surface area contributed by atoms with E-state index in [1.807, 2.05) is 54.6 Å². The summed E-state index contributed by atoms with van der Waals surface area (Å²) in [6, 6.07) is 31.0. The fraction of sp³-hybridized carbons (Fsp3) is 0. The van der Waals surface area contributed by atoms with Gasteiger partial charge in [0.2, 0.25) is 0 Å². The highest BCUT2D eigenvalue weighted by Crippen LogP contribution is 2.24. The highest BCUT2D eigenvalue weighted by atomic mass is 16.5. The first-order valence-corrected chi connectivity index (χ1v) is 9.41. The summed E-state index contributed by atoms with van der Waals surface area (Å²) >= 11 is 0.